The van der Waals surface area contributed by atoms with E-state index in [9.17, 15) is 18.0 Å². The lowest BCUT2D eigenvalue weighted by atomic mass is 10.2. The summed E-state index contributed by atoms with van der Waals surface area (Å²) in [6, 6.07) is 28.5. The van der Waals surface area contributed by atoms with Crippen molar-refractivity contribution in [3.63, 3.8) is 0 Å². The molecule has 4 aromatic rings. The Bertz CT molecular complexity index is 1640. The van der Waals surface area contributed by atoms with Crippen molar-refractivity contribution in [3.05, 3.63) is 114 Å². The molecule has 2 amide bonds. The molecule has 0 fully saturated rings. The number of methoxy groups -OCH3 is 1. The summed E-state index contributed by atoms with van der Waals surface area (Å²) in [5.74, 6) is 0.0441. The van der Waals surface area contributed by atoms with Crippen LogP contribution >= 0.6 is 0 Å². The molecule has 0 saturated heterocycles. The maximum Gasteiger partial charge on any atom is 0.264 e. The first kappa shape index (κ1) is 29.8. The van der Waals surface area contributed by atoms with Crippen molar-refractivity contribution in [1.29, 1.82) is 0 Å². The van der Waals surface area contributed by atoms with Crippen LogP contribution in [0.2, 0.25) is 0 Å². The van der Waals surface area contributed by atoms with Crippen molar-refractivity contribution in [2.75, 3.05) is 29.9 Å². The van der Waals surface area contributed by atoms with Gasteiger partial charge in [-0.15, -0.1) is 0 Å². The second-order valence-electron chi connectivity index (χ2n) is 9.06. The maximum absolute atomic E-state index is 13.4. The zero-order chi connectivity index (χ0) is 30.0. The fraction of sp³-hybridized carbons (Fsp3) is 0.129. The standard InChI is InChI=1S/C31H30N4O6S/c1-23-12-16-25(17-13-23)35(42(38,39)27-8-4-3-5-9-27)21-30(36)34-32-20-24-14-18-26(19-15-24)41-22-31(37)33-28-10-6-7-11-29(28)40-2/h3-20H,21-22H2,1-2H3,(H,33,37)(H,34,36)/b32-20+. The van der Waals surface area contributed by atoms with Crippen LogP contribution in [0.5, 0.6) is 11.5 Å². The molecule has 0 heterocycles. The number of sulfonamides is 1. The number of carbonyl (C=O) groups excluding carboxylic acids is 2. The van der Waals surface area contributed by atoms with Gasteiger partial charge >= 0.3 is 0 Å². The van der Waals surface area contributed by atoms with Gasteiger partial charge in [-0.05, 0) is 73.2 Å². The van der Waals surface area contributed by atoms with Crippen LogP contribution in [0.1, 0.15) is 11.1 Å². The van der Waals surface area contributed by atoms with Crippen molar-refractivity contribution in [2.24, 2.45) is 5.10 Å². The van der Waals surface area contributed by atoms with Crippen LogP contribution in [-0.4, -0.2) is 46.7 Å². The topological polar surface area (TPSA) is 126 Å². The molecule has 10 nitrogen and oxygen atoms in total. The number of nitrogens with one attached hydrogen (secondary N) is 2. The average molecular weight is 587 g/mol. The van der Waals surface area contributed by atoms with Crippen LogP contribution in [0.15, 0.2) is 113 Å². The van der Waals surface area contributed by atoms with E-state index >= 15 is 0 Å². The SMILES string of the molecule is COc1ccccc1NC(=O)COc1ccc(/C=N/NC(=O)CN(c2ccc(C)cc2)S(=O)(=O)c2ccccc2)cc1. The van der Waals surface area contributed by atoms with Gasteiger partial charge in [0.15, 0.2) is 6.61 Å². The molecule has 4 aromatic carbocycles. The first-order valence-corrected chi connectivity index (χ1v) is 14.3. The molecule has 0 unspecified atom stereocenters. The predicted molar refractivity (Wildman–Crippen MR) is 161 cm³/mol. The number of carbonyl (C=O) groups is 2. The molecule has 4 rings (SSSR count). The van der Waals surface area contributed by atoms with Gasteiger partial charge in [0.05, 0.1) is 29.6 Å². The number of nitrogens with zero attached hydrogens (tertiary/aromatic N) is 2. The monoisotopic (exact) mass is 586 g/mol. The highest BCUT2D eigenvalue weighted by Crippen LogP contribution is 2.24. The lowest BCUT2D eigenvalue weighted by Gasteiger charge is -2.23. The van der Waals surface area contributed by atoms with Gasteiger partial charge in [-0.3, -0.25) is 13.9 Å². The zero-order valence-electron chi connectivity index (χ0n) is 23.1. The summed E-state index contributed by atoms with van der Waals surface area (Å²) >= 11 is 0. The summed E-state index contributed by atoms with van der Waals surface area (Å²) in [4.78, 5) is 25.1. The highest BCUT2D eigenvalue weighted by molar-refractivity contribution is 7.92. The minimum Gasteiger partial charge on any atom is -0.495 e. The van der Waals surface area contributed by atoms with Gasteiger partial charge in [0.25, 0.3) is 21.8 Å². The van der Waals surface area contributed by atoms with Gasteiger partial charge in [-0.2, -0.15) is 5.10 Å². The van der Waals surface area contributed by atoms with Gasteiger partial charge in [0.1, 0.15) is 18.0 Å². The molecule has 0 aliphatic carbocycles. The van der Waals surface area contributed by atoms with Crippen LogP contribution < -0.4 is 24.5 Å². The predicted octanol–water partition coefficient (Wildman–Crippen LogP) is 4.37. The number of hydrogen-bond acceptors (Lipinski definition) is 7. The van der Waals surface area contributed by atoms with E-state index in [1.54, 1.807) is 91.0 Å². The summed E-state index contributed by atoms with van der Waals surface area (Å²) in [6.07, 6.45) is 1.41. The minimum absolute atomic E-state index is 0.0708. The van der Waals surface area contributed by atoms with E-state index in [2.05, 4.69) is 15.8 Å². The number of rotatable bonds is 12. The van der Waals surface area contributed by atoms with E-state index in [-0.39, 0.29) is 17.4 Å². The van der Waals surface area contributed by atoms with Crippen molar-refractivity contribution in [1.82, 2.24) is 5.43 Å². The molecular formula is C31H30N4O6S. The Kier molecular flexibility index (Phi) is 9.90. The number of amides is 2. The third-order valence-corrected chi connectivity index (χ3v) is 7.76. The molecular weight excluding hydrogens is 556 g/mol. The zero-order valence-corrected chi connectivity index (χ0v) is 23.9. The summed E-state index contributed by atoms with van der Waals surface area (Å²) in [5, 5.41) is 6.70. The van der Waals surface area contributed by atoms with Crippen LogP contribution in [0, 0.1) is 6.92 Å². The summed E-state index contributed by atoms with van der Waals surface area (Å²) < 4.78 is 38.5. The molecule has 2 N–H and O–H groups in total. The summed E-state index contributed by atoms with van der Waals surface area (Å²) in [7, 11) is -2.48. The molecule has 0 aliphatic rings. The van der Waals surface area contributed by atoms with Crippen LogP contribution in [0.25, 0.3) is 0 Å². The van der Waals surface area contributed by atoms with E-state index in [1.807, 2.05) is 6.92 Å². The fourth-order valence-corrected chi connectivity index (χ4v) is 5.27. The molecule has 0 radical (unpaired) electrons. The van der Waals surface area contributed by atoms with E-state index in [4.69, 9.17) is 9.47 Å². The number of aryl methyl sites for hydroxylation is 1. The first-order valence-electron chi connectivity index (χ1n) is 12.9. The summed E-state index contributed by atoms with van der Waals surface area (Å²) in [6.45, 7) is 1.21. The lowest BCUT2D eigenvalue weighted by Crippen LogP contribution is -2.39. The molecule has 0 spiro atoms. The van der Waals surface area contributed by atoms with Crippen LogP contribution in [-0.2, 0) is 19.6 Å². The number of hydrazone groups is 1. The molecule has 0 bridgehead atoms. The number of hydrogen-bond donors (Lipinski definition) is 2. The van der Waals surface area contributed by atoms with Crippen LogP contribution in [0.3, 0.4) is 0 Å². The molecule has 11 heteroatoms. The Balaban J connectivity index is 1.33. The van der Waals surface area contributed by atoms with Gasteiger partial charge in [0.2, 0.25) is 0 Å². The largest absolute Gasteiger partial charge is 0.495 e. The third kappa shape index (κ3) is 7.95. The van der Waals surface area contributed by atoms with Crippen LogP contribution in [0.4, 0.5) is 11.4 Å². The van der Waals surface area contributed by atoms with E-state index in [0.29, 0.717) is 28.4 Å². The van der Waals surface area contributed by atoms with E-state index < -0.39 is 22.5 Å². The quantitative estimate of drug-likeness (QED) is 0.188. The highest BCUT2D eigenvalue weighted by atomic mass is 32.2. The summed E-state index contributed by atoms with van der Waals surface area (Å²) in [5.41, 5.74) is 4.89. The van der Waals surface area contributed by atoms with Crippen molar-refractivity contribution in [2.45, 2.75) is 11.8 Å². The Hall–Kier alpha value is -5.16. The third-order valence-electron chi connectivity index (χ3n) is 5.97. The van der Waals surface area contributed by atoms with Crippen molar-refractivity contribution in [3.8, 4) is 11.5 Å². The number of para-hydroxylation sites is 2. The van der Waals surface area contributed by atoms with Crippen molar-refractivity contribution < 1.29 is 27.5 Å². The second-order valence-corrected chi connectivity index (χ2v) is 10.9. The average Bonchev–Trinajstić information content (AvgIpc) is 3.00. The number of benzene rings is 4. The van der Waals surface area contributed by atoms with Gasteiger partial charge < -0.3 is 14.8 Å². The molecule has 0 saturated carbocycles. The lowest BCUT2D eigenvalue weighted by molar-refractivity contribution is -0.119. The van der Waals surface area contributed by atoms with Crippen molar-refractivity contribution >= 4 is 39.4 Å². The number of anilines is 2. The van der Waals surface area contributed by atoms with Gasteiger partial charge in [0, 0.05) is 0 Å². The van der Waals surface area contributed by atoms with E-state index in [1.165, 1.54) is 25.5 Å². The Labute approximate surface area is 244 Å². The Morgan fingerprint density at radius 2 is 1.52 bits per heavy atom. The van der Waals surface area contributed by atoms with E-state index in [0.717, 1.165) is 9.87 Å². The maximum atomic E-state index is 13.4. The molecule has 216 valence electrons. The smallest absolute Gasteiger partial charge is 0.264 e. The second kappa shape index (κ2) is 14.0. The molecule has 0 aromatic heterocycles. The first-order chi connectivity index (χ1) is 20.3. The number of ether oxygens (including phenoxy) is 2. The Morgan fingerprint density at radius 1 is 0.857 bits per heavy atom. The fourth-order valence-electron chi connectivity index (χ4n) is 3.82. The molecule has 0 aliphatic heterocycles. The molecule has 0 atom stereocenters. The van der Waals surface area contributed by atoms with Gasteiger partial charge in [-0.1, -0.05) is 48.0 Å². The minimum atomic E-state index is -4.01. The molecule has 42 heavy (non-hydrogen) atoms. The Morgan fingerprint density at radius 3 is 2.21 bits per heavy atom. The van der Waals surface area contributed by atoms with Gasteiger partial charge in [-0.25, -0.2) is 13.8 Å². The highest BCUT2D eigenvalue weighted by Gasteiger charge is 2.27. The normalized spacial score (nSPS) is 11.1.